The minimum absolute atomic E-state index is 0.547. The van der Waals surface area contributed by atoms with E-state index < -0.39 is 0 Å². The third kappa shape index (κ3) is 2.71. The van der Waals surface area contributed by atoms with E-state index >= 15 is 0 Å². The molecular formula is C17H18N4. The molecule has 1 aromatic heterocycles. The van der Waals surface area contributed by atoms with Crippen molar-refractivity contribution < 1.29 is 0 Å². The molecule has 21 heavy (non-hydrogen) atoms. The fraction of sp³-hybridized carbons (Fsp3) is 0.176. The Bertz CT molecular complexity index is 749. The molecule has 2 N–H and O–H groups in total. The van der Waals surface area contributed by atoms with Crippen LogP contribution in [0.1, 0.15) is 11.1 Å². The molecule has 2 aromatic carbocycles. The molecule has 0 aliphatic rings. The summed E-state index contributed by atoms with van der Waals surface area (Å²) >= 11 is 0. The maximum atomic E-state index is 5.81. The third-order valence-electron chi connectivity index (χ3n) is 3.66. The number of fused-ring (bicyclic) bond motifs is 1. The summed E-state index contributed by atoms with van der Waals surface area (Å²) in [5.41, 5.74) is 8.19. The molecule has 0 bridgehead atoms. The van der Waals surface area contributed by atoms with Crippen molar-refractivity contribution in [3.05, 3.63) is 65.9 Å². The van der Waals surface area contributed by atoms with Crippen molar-refractivity contribution in [2.75, 3.05) is 11.9 Å². The molecule has 0 amide bonds. The first-order valence-corrected chi connectivity index (χ1v) is 6.98. The molecule has 3 aromatic rings. The summed E-state index contributed by atoms with van der Waals surface area (Å²) in [7, 11) is 2.03. The Morgan fingerprint density at radius 1 is 1.00 bits per heavy atom. The van der Waals surface area contributed by atoms with Crippen LogP contribution >= 0.6 is 0 Å². The maximum Gasteiger partial charge on any atom is 0.159 e. The summed E-state index contributed by atoms with van der Waals surface area (Å²) in [5, 5.41) is 10.6. The van der Waals surface area contributed by atoms with Crippen LogP contribution < -0.4 is 10.6 Å². The Balaban J connectivity index is 1.96. The normalized spacial score (nSPS) is 10.8. The van der Waals surface area contributed by atoms with Gasteiger partial charge in [0.2, 0.25) is 0 Å². The molecule has 0 atom stereocenters. The average Bonchev–Trinajstić information content (AvgIpc) is 2.54. The van der Waals surface area contributed by atoms with Crippen molar-refractivity contribution in [2.45, 2.75) is 13.1 Å². The fourth-order valence-corrected chi connectivity index (χ4v) is 2.54. The van der Waals surface area contributed by atoms with Gasteiger partial charge in [0.25, 0.3) is 0 Å². The van der Waals surface area contributed by atoms with Gasteiger partial charge < -0.3 is 10.6 Å². The van der Waals surface area contributed by atoms with Crippen molar-refractivity contribution in [1.29, 1.82) is 0 Å². The average molecular weight is 278 g/mol. The van der Waals surface area contributed by atoms with Gasteiger partial charge in [-0.15, -0.1) is 5.10 Å². The molecule has 0 spiro atoms. The fourth-order valence-electron chi connectivity index (χ4n) is 2.54. The third-order valence-corrected chi connectivity index (χ3v) is 3.66. The molecule has 4 heteroatoms. The van der Waals surface area contributed by atoms with E-state index in [1.165, 1.54) is 5.56 Å². The predicted octanol–water partition coefficient (Wildman–Crippen LogP) is 2.72. The number of nitrogens with zero attached hydrogens (tertiary/aromatic N) is 3. The molecule has 3 rings (SSSR count). The Kier molecular flexibility index (Phi) is 3.79. The number of nitrogens with two attached hydrogens (primary N) is 1. The highest BCUT2D eigenvalue weighted by Crippen LogP contribution is 2.24. The van der Waals surface area contributed by atoms with Gasteiger partial charge in [-0.25, -0.2) is 0 Å². The summed E-state index contributed by atoms with van der Waals surface area (Å²) in [6.07, 6.45) is 1.79. The lowest BCUT2D eigenvalue weighted by Crippen LogP contribution is -2.20. The largest absolute Gasteiger partial charge is 0.353 e. The monoisotopic (exact) mass is 278 g/mol. The molecule has 0 aliphatic heterocycles. The topological polar surface area (TPSA) is 55.0 Å². The molecule has 0 fully saturated rings. The predicted molar refractivity (Wildman–Crippen MR) is 86.0 cm³/mol. The van der Waals surface area contributed by atoms with Gasteiger partial charge in [0, 0.05) is 30.9 Å². The summed E-state index contributed by atoms with van der Waals surface area (Å²) < 4.78 is 0. The van der Waals surface area contributed by atoms with Gasteiger partial charge in [-0.2, -0.15) is 5.10 Å². The maximum absolute atomic E-state index is 5.81. The van der Waals surface area contributed by atoms with Gasteiger partial charge in [0.05, 0.1) is 6.20 Å². The molecule has 4 nitrogen and oxygen atoms in total. The molecule has 0 unspecified atom stereocenters. The van der Waals surface area contributed by atoms with Gasteiger partial charge in [-0.1, -0.05) is 48.5 Å². The van der Waals surface area contributed by atoms with Gasteiger partial charge in [0.1, 0.15) is 0 Å². The van der Waals surface area contributed by atoms with E-state index in [0.717, 1.165) is 28.7 Å². The lowest BCUT2D eigenvalue weighted by Gasteiger charge is -2.20. The highest BCUT2D eigenvalue weighted by atomic mass is 15.2. The Labute approximate surface area is 124 Å². The summed E-state index contributed by atoms with van der Waals surface area (Å²) in [5.74, 6) is 0.889. The van der Waals surface area contributed by atoms with Crippen LogP contribution in [0.5, 0.6) is 0 Å². The number of benzene rings is 2. The summed E-state index contributed by atoms with van der Waals surface area (Å²) in [6.45, 7) is 1.31. The molecule has 106 valence electrons. The van der Waals surface area contributed by atoms with Crippen LogP contribution in [-0.4, -0.2) is 17.2 Å². The quantitative estimate of drug-likeness (QED) is 0.797. The minimum atomic E-state index is 0.547. The van der Waals surface area contributed by atoms with E-state index in [4.69, 9.17) is 5.73 Å². The van der Waals surface area contributed by atoms with Crippen LogP contribution in [0, 0.1) is 0 Å². The number of hydrogen-bond donors (Lipinski definition) is 1. The smallest absolute Gasteiger partial charge is 0.159 e. The van der Waals surface area contributed by atoms with E-state index in [2.05, 4.69) is 39.4 Å². The molecule has 0 radical (unpaired) electrons. The SMILES string of the molecule is CN(Cc1ccccc1CN)c1nncc2ccccc12. The zero-order valence-electron chi connectivity index (χ0n) is 12.0. The standard InChI is InChI=1S/C17H18N4/c1-21(12-15-8-3-2-6-13(15)10-18)17-16-9-5-4-7-14(16)11-19-20-17/h2-9,11H,10,12,18H2,1H3. The van der Waals surface area contributed by atoms with Crippen LogP contribution in [-0.2, 0) is 13.1 Å². The highest BCUT2D eigenvalue weighted by molar-refractivity contribution is 5.91. The number of anilines is 1. The second kappa shape index (κ2) is 5.89. The van der Waals surface area contributed by atoms with Crippen LogP contribution in [0.15, 0.2) is 54.7 Å². The lowest BCUT2D eigenvalue weighted by molar-refractivity contribution is 0.860. The van der Waals surface area contributed by atoms with Crippen LogP contribution in [0.2, 0.25) is 0 Å². The van der Waals surface area contributed by atoms with Gasteiger partial charge in [0.15, 0.2) is 5.82 Å². The van der Waals surface area contributed by atoms with E-state index in [1.54, 1.807) is 6.20 Å². The molecule has 1 heterocycles. The van der Waals surface area contributed by atoms with E-state index in [9.17, 15) is 0 Å². The van der Waals surface area contributed by atoms with Gasteiger partial charge in [-0.05, 0) is 11.1 Å². The van der Waals surface area contributed by atoms with Crippen molar-refractivity contribution in [3.8, 4) is 0 Å². The first-order valence-electron chi connectivity index (χ1n) is 6.98. The van der Waals surface area contributed by atoms with Crippen LogP contribution in [0.25, 0.3) is 10.8 Å². The molecule has 0 saturated heterocycles. The second-order valence-electron chi connectivity index (χ2n) is 5.08. The summed E-state index contributed by atoms with van der Waals surface area (Å²) in [6, 6.07) is 16.4. The van der Waals surface area contributed by atoms with Crippen LogP contribution in [0.4, 0.5) is 5.82 Å². The number of rotatable bonds is 4. The lowest BCUT2D eigenvalue weighted by atomic mass is 10.1. The number of hydrogen-bond acceptors (Lipinski definition) is 4. The first-order chi connectivity index (χ1) is 10.3. The highest BCUT2D eigenvalue weighted by Gasteiger charge is 2.10. The Hall–Kier alpha value is -2.46. The van der Waals surface area contributed by atoms with Crippen molar-refractivity contribution in [1.82, 2.24) is 10.2 Å². The van der Waals surface area contributed by atoms with E-state index in [-0.39, 0.29) is 0 Å². The minimum Gasteiger partial charge on any atom is -0.353 e. The Morgan fingerprint density at radius 3 is 2.52 bits per heavy atom. The van der Waals surface area contributed by atoms with Crippen molar-refractivity contribution in [3.63, 3.8) is 0 Å². The molecule has 0 aliphatic carbocycles. The Morgan fingerprint density at radius 2 is 1.71 bits per heavy atom. The van der Waals surface area contributed by atoms with Crippen molar-refractivity contribution in [2.24, 2.45) is 5.73 Å². The van der Waals surface area contributed by atoms with Crippen LogP contribution in [0.3, 0.4) is 0 Å². The second-order valence-corrected chi connectivity index (χ2v) is 5.08. The van der Waals surface area contributed by atoms with Gasteiger partial charge in [-0.3, -0.25) is 0 Å². The van der Waals surface area contributed by atoms with E-state index in [0.29, 0.717) is 6.54 Å². The van der Waals surface area contributed by atoms with E-state index in [1.807, 2.05) is 31.3 Å². The molecular weight excluding hydrogens is 260 g/mol. The summed E-state index contributed by atoms with van der Waals surface area (Å²) in [4.78, 5) is 2.11. The first kappa shape index (κ1) is 13.5. The number of aromatic nitrogens is 2. The van der Waals surface area contributed by atoms with Gasteiger partial charge >= 0.3 is 0 Å². The van der Waals surface area contributed by atoms with Crippen molar-refractivity contribution >= 4 is 16.6 Å². The zero-order chi connectivity index (χ0) is 14.7. The zero-order valence-corrected chi connectivity index (χ0v) is 12.0. The molecule has 0 saturated carbocycles.